The van der Waals surface area contributed by atoms with Gasteiger partial charge in [0.05, 0.1) is 13.2 Å². The third-order valence-corrected chi connectivity index (χ3v) is 4.90. The number of piperidine rings is 1. The Labute approximate surface area is 159 Å². The fourth-order valence-electron chi connectivity index (χ4n) is 3.36. The van der Waals surface area contributed by atoms with Gasteiger partial charge in [-0.15, -0.1) is 0 Å². The minimum atomic E-state index is -0.152. The van der Waals surface area contributed by atoms with Crippen LogP contribution in [0.5, 0.6) is 5.88 Å². The number of amides is 1. The quantitative estimate of drug-likeness (QED) is 0.734. The maximum atomic E-state index is 12.7. The summed E-state index contributed by atoms with van der Waals surface area (Å²) in [7, 11) is 1.58. The molecule has 1 atom stereocenters. The molecule has 3 rings (SSSR count). The van der Waals surface area contributed by atoms with Gasteiger partial charge in [-0.25, -0.2) is 9.97 Å². The maximum Gasteiger partial charge on any atom is 0.223 e. The third-order valence-electron chi connectivity index (χ3n) is 4.90. The molecule has 2 aromatic rings. The Morgan fingerprint density at radius 3 is 2.74 bits per heavy atom. The van der Waals surface area contributed by atoms with Gasteiger partial charge >= 0.3 is 0 Å². The predicted octanol–water partition coefficient (Wildman–Crippen LogP) is 2.60. The van der Waals surface area contributed by atoms with Gasteiger partial charge in [0.2, 0.25) is 11.8 Å². The summed E-state index contributed by atoms with van der Waals surface area (Å²) in [5.41, 5.74) is 1.03. The zero-order chi connectivity index (χ0) is 19.1. The second-order valence-electron chi connectivity index (χ2n) is 6.59. The molecule has 1 aromatic carbocycles. The van der Waals surface area contributed by atoms with Crippen molar-refractivity contribution in [3.8, 4) is 5.88 Å². The highest BCUT2D eigenvalue weighted by Crippen LogP contribution is 2.25. The van der Waals surface area contributed by atoms with Crippen LogP contribution in [-0.2, 0) is 4.79 Å². The first-order valence-corrected chi connectivity index (χ1v) is 9.16. The van der Waals surface area contributed by atoms with Crippen molar-refractivity contribution in [2.75, 3.05) is 25.1 Å². The summed E-state index contributed by atoms with van der Waals surface area (Å²) < 4.78 is 5.15. The van der Waals surface area contributed by atoms with E-state index < -0.39 is 0 Å². The van der Waals surface area contributed by atoms with Gasteiger partial charge in [-0.05, 0) is 24.6 Å². The normalized spacial score (nSPS) is 15.8. The Morgan fingerprint density at radius 1 is 1.33 bits per heavy atom. The van der Waals surface area contributed by atoms with E-state index in [1.165, 1.54) is 12.5 Å². The number of carbonyl (C=O) groups is 1. The van der Waals surface area contributed by atoms with Crippen LogP contribution in [-0.4, -0.2) is 42.3 Å². The topological polar surface area (TPSA) is 91.2 Å². The van der Waals surface area contributed by atoms with Crippen molar-refractivity contribution < 1.29 is 9.53 Å². The minimum Gasteiger partial charge on any atom is -0.481 e. The second-order valence-corrected chi connectivity index (χ2v) is 6.59. The molecule has 0 aliphatic carbocycles. The van der Waals surface area contributed by atoms with Crippen molar-refractivity contribution in [1.82, 2.24) is 15.3 Å². The summed E-state index contributed by atoms with van der Waals surface area (Å²) in [4.78, 5) is 23.2. The summed E-state index contributed by atoms with van der Waals surface area (Å²) in [6, 6.07) is 11.5. The summed E-state index contributed by atoms with van der Waals surface area (Å²) in [5, 5.41) is 10.5. The number of methoxy groups -OCH3 is 1. The predicted molar refractivity (Wildman–Crippen MR) is 104 cm³/mol. The van der Waals surface area contributed by atoms with Crippen molar-refractivity contribution in [2.45, 2.75) is 25.3 Å². The fourth-order valence-corrected chi connectivity index (χ4v) is 3.36. The zero-order valence-electron chi connectivity index (χ0n) is 15.5. The highest BCUT2D eigenvalue weighted by molar-refractivity contribution is 5.80. The lowest BCUT2D eigenvalue weighted by Gasteiger charge is -2.32. The van der Waals surface area contributed by atoms with Gasteiger partial charge in [-0.1, -0.05) is 30.3 Å². The van der Waals surface area contributed by atoms with Crippen LogP contribution >= 0.6 is 0 Å². The molecule has 0 spiro atoms. The number of hydrogen-bond donors (Lipinski definition) is 2. The molecular formula is C20H25N5O2. The van der Waals surface area contributed by atoms with Crippen molar-refractivity contribution in [2.24, 2.45) is 5.92 Å². The van der Waals surface area contributed by atoms with Crippen molar-refractivity contribution >= 4 is 17.9 Å². The van der Waals surface area contributed by atoms with E-state index in [9.17, 15) is 4.79 Å². The lowest BCUT2D eigenvalue weighted by Crippen LogP contribution is -2.42. The summed E-state index contributed by atoms with van der Waals surface area (Å²) in [6.07, 6.45) is 4.88. The third kappa shape index (κ3) is 4.81. The molecule has 7 heteroatoms. The Hall–Kier alpha value is -2.96. The summed E-state index contributed by atoms with van der Waals surface area (Å²) in [6.45, 7) is 1.53. The molecule has 1 fully saturated rings. The minimum absolute atomic E-state index is 0.0260. The highest BCUT2D eigenvalue weighted by Gasteiger charge is 2.27. The largest absolute Gasteiger partial charge is 0.481 e. The summed E-state index contributed by atoms with van der Waals surface area (Å²) >= 11 is 0. The Bertz CT molecular complexity index is 760. The fraction of sp³-hybridized carbons (Fsp3) is 0.400. The number of benzene rings is 1. The highest BCUT2D eigenvalue weighted by atomic mass is 16.5. The number of aromatic nitrogens is 2. The number of nitrogens with one attached hydrogen (secondary N) is 2. The number of anilines is 1. The van der Waals surface area contributed by atoms with Crippen LogP contribution in [0.25, 0.3) is 0 Å². The van der Waals surface area contributed by atoms with Crippen molar-refractivity contribution in [3.63, 3.8) is 0 Å². The molecule has 1 amide bonds. The van der Waals surface area contributed by atoms with Gasteiger partial charge in [-0.3, -0.25) is 4.79 Å². The summed E-state index contributed by atoms with van der Waals surface area (Å²) in [5.74, 6) is 1.40. The first kappa shape index (κ1) is 18.8. The first-order valence-electron chi connectivity index (χ1n) is 9.16. The van der Waals surface area contributed by atoms with Crippen molar-refractivity contribution in [3.05, 3.63) is 48.3 Å². The SMILES string of the molecule is COc1cc(N2CCC(C(=O)N[C@@H](CC=N)c3ccccc3)CC2)ncn1. The van der Waals surface area contributed by atoms with E-state index in [1.54, 1.807) is 7.11 Å². The molecule has 1 aliphatic heterocycles. The van der Waals surface area contributed by atoms with Gasteiger partial charge < -0.3 is 20.4 Å². The van der Waals surface area contributed by atoms with E-state index in [1.807, 2.05) is 36.4 Å². The van der Waals surface area contributed by atoms with Crippen molar-refractivity contribution in [1.29, 1.82) is 5.41 Å². The lowest BCUT2D eigenvalue weighted by atomic mass is 9.94. The lowest BCUT2D eigenvalue weighted by molar-refractivity contribution is -0.126. The van der Waals surface area contributed by atoms with E-state index in [-0.39, 0.29) is 17.9 Å². The van der Waals surface area contributed by atoms with E-state index >= 15 is 0 Å². The van der Waals surface area contributed by atoms with Crippen LogP contribution in [0.4, 0.5) is 5.82 Å². The van der Waals surface area contributed by atoms with Gasteiger partial charge in [-0.2, -0.15) is 0 Å². The van der Waals surface area contributed by atoms with Crippen LogP contribution in [0, 0.1) is 11.3 Å². The van der Waals surface area contributed by atoms with E-state index in [4.69, 9.17) is 10.1 Å². The second kappa shape index (κ2) is 9.12. The molecule has 1 saturated heterocycles. The van der Waals surface area contributed by atoms with Crippen LogP contribution in [0.3, 0.4) is 0 Å². The van der Waals surface area contributed by atoms with E-state index in [2.05, 4.69) is 20.2 Å². The first-order chi connectivity index (χ1) is 13.2. The van der Waals surface area contributed by atoms with Gasteiger partial charge in [0.15, 0.2) is 0 Å². The average molecular weight is 367 g/mol. The average Bonchev–Trinajstić information content (AvgIpc) is 2.74. The molecule has 2 heterocycles. The Balaban J connectivity index is 1.58. The van der Waals surface area contributed by atoms with Gasteiger partial charge in [0.1, 0.15) is 12.1 Å². The number of rotatable bonds is 7. The Morgan fingerprint density at radius 2 is 2.07 bits per heavy atom. The number of ether oxygens (including phenoxy) is 1. The van der Waals surface area contributed by atoms with Crippen LogP contribution in [0.15, 0.2) is 42.7 Å². The molecule has 0 bridgehead atoms. The maximum absolute atomic E-state index is 12.7. The molecule has 142 valence electrons. The molecule has 2 N–H and O–H groups in total. The molecule has 27 heavy (non-hydrogen) atoms. The molecule has 0 unspecified atom stereocenters. The van der Waals surface area contributed by atoms with Crippen LogP contribution in [0.2, 0.25) is 0 Å². The molecule has 7 nitrogen and oxygen atoms in total. The molecular weight excluding hydrogens is 342 g/mol. The smallest absolute Gasteiger partial charge is 0.223 e. The monoisotopic (exact) mass is 367 g/mol. The Kier molecular flexibility index (Phi) is 6.35. The number of carbonyl (C=O) groups excluding carboxylic acids is 1. The number of hydrogen-bond acceptors (Lipinski definition) is 6. The molecule has 1 aliphatic rings. The van der Waals surface area contributed by atoms with E-state index in [0.29, 0.717) is 12.3 Å². The molecule has 1 aromatic heterocycles. The van der Waals surface area contributed by atoms with Crippen LogP contribution < -0.4 is 15.0 Å². The molecule has 0 radical (unpaired) electrons. The number of nitrogens with zero attached hydrogens (tertiary/aromatic N) is 3. The standard InChI is InChI=1S/C20H25N5O2/c1-27-19-13-18(22-14-23-19)25-11-8-16(9-12-25)20(26)24-17(7-10-21)15-5-3-2-4-6-15/h2-6,10,13-14,16-17,21H,7-9,11-12H2,1H3,(H,24,26)/t17-/m0/s1. The van der Waals surface area contributed by atoms with E-state index in [0.717, 1.165) is 37.3 Å². The van der Waals surface area contributed by atoms with Crippen LogP contribution in [0.1, 0.15) is 30.9 Å². The van der Waals surface area contributed by atoms with Gasteiger partial charge in [0.25, 0.3) is 0 Å². The molecule has 0 saturated carbocycles. The van der Waals surface area contributed by atoms with Gasteiger partial charge in [0, 0.05) is 31.5 Å². The zero-order valence-corrected chi connectivity index (χ0v) is 15.5.